The van der Waals surface area contributed by atoms with Crippen LogP contribution in [0.15, 0.2) is 259 Å². The number of furan rings is 1. The number of rotatable bonds is 7. The normalized spacial score (nSPS) is 13.1. The number of benzene rings is 11. The highest BCUT2D eigenvalue weighted by atomic mass is 32.1. The molecule has 11 aromatic carbocycles. The van der Waals surface area contributed by atoms with E-state index in [9.17, 15) is 0 Å². The van der Waals surface area contributed by atoms with Gasteiger partial charge in [-0.3, -0.25) is 0 Å². The number of fused-ring (bicyclic) bond motifs is 11. The predicted molar refractivity (Wildman–Crippen MR) is 311 cm³/mol. The Morgan fingerprint density at radius 2 is 0.833 bits per heavy atom. The van der Waals surface area contributed by atoms with Gasteiger partial charge in [0.25, 0.3) is 0 Å². The summed E-state index contributed by atoms with van der Waals surface area (Å²) in [6.07, 6.45) is 0. The largest absolute Gasteiger partial charge is 0.456 e. The first kappa shape index (κ1) is 41.3. The lowest BCUT2D eigenvalue weighted by Gasteiger charge is -2.45. The average molecular weight is 971 g/mol. The van der Waals surface area contributed by atoms with Gasteiger partial charge in [-0.1, -0.05) is 164 Å². The summed E-state index contributed by atoms with van der Waals surface area (Å²) < 4.78 is 11.9. The van der Waals surface area contributed by atoms with Gasteiger partial charge in [0.05, 0.1) is 0 Å². The molecule has 0 spiro atoms. The highest BCUT2D eigenvalue weighted by molar-refractivity contribution is 7.27. The Labute approximate surface area is 425 Å². The topological polar surface area (TPSA) is 19.6 Å². The summed E-state index contributed by atoms with van der Waals surface area (Å²) in [5.41, 5.74) is 10.7. The zero-order chi connectivity index (χ0) is 47.3. The van der Waals surface area contributed by atoms with Crippen molar-refractivity contribution >= 4 is 148 Å². The molecule has 0 unspecified atom stereocenters. The van der Waals surface area contributed by atoms with E-state index in [1.807, 2.05) is 28.7 Å². The van der Waals surface area contributed by atoms with Crippen LogP contribution in [-0.2, 0) is 0 Å². The van der Waals surface area contributed by atoms with Crippen LogP contribution in [-0.4, -0.2) is 8.07 Å². The lowest BCUT2D eigenvalue weighted by molar-refractivity contribution is 0.669. The molecular weight excluding hydrogens is 929 g/mol. The van der Waals surface area contributed by atoms with Crippen LogP contribution in [0.3, 0.4) is 0 Å². The van der Waals surface area contributed by atoms with Gasteiger partial charge in [-0.15, -0.1) is 22.7 Å². The van der Waals surface area contributed by atoms with E-state index < -0.39 is 8.07 Å². The van der Waals surface area contributed by atoms with E-state index in [4.69, 9.17) is 4.42 Å². The van der Waals surface area contributed by atoms with Crippen LogP contribution in [0.25, 0.3) is 73.4 Å². The maximum atomic E-state index is 6.59. The minimum absolute atomic E-state index is 0.858. The number of nitrogens with zero attached hydrogens (tertiary/aromatic N) is 2. The zero-order valence-electron chi connectivity index (χ0n) is 38.9. The summed E-state index contributed by atoms with van der Waals surface area (Å²) in [5.74, 6) is 0. The molecule has 72 heavy (non-hydrogen) atoms. The van der Waals surface area contributed by atoms with Crippen molar-refractivity contribution in [2.24, 2.45) is 0 Å². The average Bonchev–Trinajstić information content (AvgIpc) is 4.14. The second-order valence-corrected chi connectivity index (χ2v) is 24.7. The molecule has 0 saturated carbocycles. The molecule has 338 valence electrons. The SMILES string of the molecule is c1ccc(-c2ccc(N(c3ccc4c(c3)N(c3ccccc3)c3ccccc3[Si]4(c3ccc4c(c3)sc3ccccc34)c3ccc4c(c3)sc3ccccc34)c3ccc4c(c3)oc3ccccc34)cc2)cc1. The molecular formula is C66H42N2OS2Si. The molecule has 0 radical (unpaired) electrons. The monoisotopic (exact) mass is 970 g/mol. The van der Waals surface area contributed by atoms with E-state index >= 15 is 0 Å². The van der Waals surface area contributed by atoms with E-state index in [2.05, 4.69) is 259 Å². The summed E-state index contributed by atoms with van der Waals surface area (Å²) >= 11 is 3.80. The van der Waals surface area contributed by atoms with Crippen molar-refractivity contribution in [3.8, 4) is 11.1 Å². The van der Waals surface area contributed by atoms with E-state index in [1.165, 1.54) is 83.6 Å². The second kappa shape index (κ2) is 16.3. The molecule has 15 rings (SSSR count). The molecule has 14 aromatic rings. The molecule has 1 aliphatic rings. The fourth-order valence-corrected chi connectivity index (χ4v) is 19.3. The van der Waals surface area contributed by atoms with Gasteiger partial charge in [0.2, 0.25) is 0 Å². The van der Waals surface area contributed by atoms with Gasteiger partial charge in [0.15, 0.2) is 8.07 Å². The number of thiophene rings is 2. The van der Waals surface area contributed by atoms with Crippen LogP contribution in [0.4, 0.5) is 34.1 Å². The number of anilines is 6. The van der Waals surface area contributed by atoms with Crippen molar-refractivity contribution in [1.82, 2.24) is 0 Å². The summed E-state index contributed by atoms with van der Waals surface area (Å²) in [6.45, 7) is 0. The van der Waals surface area contributed by atoms with Gasteiger partial charge < -0.3 is 14.2 Å². The first-order chi connectivity index (χ1) is 35.7. The molecule has 3 aromatic heterocycles. The molecule has 0 N–H and O–H groups in total. The van der Waals surface area contributed by atoms with E-state index in [-0.39, 0.29) is 0 Å². The Kier molecular flexibility index (Phi) is 9.33. The molecule has 0 saturated heterocycles. The predicted octanol–water partition coefficient (Wildman–Crippen LogP) is 16.6. The molecule has 3 nitrogen and oxygen atoms in total. The number of para-hydroxylation sites is 3. The maximum absolute atomic E-state index is 6.59. The third kappa shape index (κ3) is 6.26. The summed E-state index contributed by atoms with van der Waals surface area (Å²) in [5, 5.41) is 12.9. The van der Waals surface area contributed by atoms with Crippen LogP contribution in [0.5, 0.6) is 0 Å². The molecule has 0 atom stereocenters. The molecule has 0 fully saturated rings. The summed E-state index contributed by atoms with van der Waals surface area (Å²) in [7, 11) is -3.16. The van der Waals surface area contributed by atoms with Gasteiger partial charge >= 0.3 is 0 Å². The number of hydrogen-bond acceptors (Lipinski definition) is 5. The second-order valence-electron chi connectivity index (χ2n) is 18.8. The molecule has 4 heterocycles. The van der Waals surface area contributed by atoms with Gasteiger partial charge in [-0.2, -0.15) is 0 Å². The Morgan fingerprint density at radius 1 is 0.333 bits per heavy atom. The van der Waals surface area contributed by atoms with Crippen LogP contribution < -0.4 is 30.5 Å². The summed E-state index contributed by atoms with van der Waals surface area (Å²) in [6, 6.07) is 94.8. The van der Waals surface area contributed by atoms with Crippen molar-refractivity contribution in [2.45, 2.75) is 0 Å². The van der Waals surface area contributed by atoms with Crippen molar-refractivity contribution in [3.63, 3.8) is 0 Å². The quantitative estimate of drug-likeness (QED) is 0.148. The molecule has 0 bridgehead atoms. The molecule has 0 aliphatic carbocycles. The number of hydrogen-bond donors (Lipinski definition) is 0. The lowest BCUT2D eigenvalue weighted by atomic mass is 10.0. The van der Waals surface area contributed by atoms with E-state index in [0.29, 0.717) is 0 Å². The Balaban J connectivity index is 1.02. The lowest BCUT2D eigenvalue weighted by Crippen LogP contribution is -2.77. The fraction of sp³-hybridized carbons (Fsp3) is 0. The minimum Gasteiger partial charge on any atom is -0.456 e. The smallest absolute Gasteiger partial charge is 0.184 e. The third-order valence-electron chi connectivity index (χ3n) is 14.9. The third-order valence-corrected chi connectivity index (χ3v) is 22.0. The van der Waals surface area contributed by atoms with Crippen LogP contribution in [0.1, 0.15) is 0 Å². The van der Waals surface area contributed by atoms with Gasteiger partial charge in [-0.05, 0) is 117 Å². The Morgan fingerprint density at radius 3 is 1.54 bits per heavy atom. The van der Waals surface area contributed by atoms with Crippen molar-refractivity contribution in [3.05, 3.63) is 255 Å². The Hall–Kier alpha value is -8.52. The van der Waals surface area contributed by atoms with E-state index in [0.717, 1.165) is 44.7 Å². The molecule has 6 heteroatoms. The van der Waals surface area contributed by atoms with Crippen molar-refractivity contribution in [2.75, 3.05) is 9.80 Å². The van der Waals surface area contributed by atoms with E-state index in [1.54, 1.807) is 0 Å². The van der Waals surface area contributed by atoms with Gasteiger partial charge in [-0.25, -0.2) is 0 Å². The fourth-order valence-electron chi connectivity index (χ4n) is 11.7. The first-order valence-corrected chi connectivity index (χ1v) is 28.1. The van der Waals surface area contributed by atoms with Crippen molar-refractivity contribution in [1.29, 1.82) is 0 Å². The minimum atomic E-state index is -3.16. The molecule has 0 amide bonds. The van der Waals surface area contributed by atoms with Crippen molar-refractivity contribution < 1.29 is 4.42 Å². The van der Waals surface area contributed by atoms with Crippen LogP contribution >= 0.6 is 22.7 Å². The zero-order valence-corrected chi connectivity index (χ0v) is 41.5. The van der Waals surface area contributed by atoms with Gasteiger partial charge in [0, 0.05) is 91.3 Å². The summed E-state index contributed by atoms with van der Waals surface area (Å²) in [4.78, 5) is 4.93. The highest BCUT2D eigenvalue weighted by Gasteiger charge is 2.49. The first-order valence-electron chi connectivity index (χ1n) is 24.5. The highest BCUT2D eigenvalue weighted by Crippen LogP contribution is 2.45. The van der Waals surface area contributed by atoms with Crippen LogP contribution in [0, 0.1) is 0 Å². The van der Waals surface area contributed by atoms with Crippen LogP contribution in [0.2, 0.25) is 0 Å². The Bertz CT molecular complexity index is 4310. The van der Waals surface area contributed by atoms with Gasteiger partial charge in [0.1, 0.15) is 11.2 Å². The maximum Gasteiger partial charge on any atom is 0.184 e. The molecule has 1 aliphatic heterocycles. The standard InChI is InChI=1S/C66H42N2OS2Si/c1-3-15-43(16-4-1)44-27-29-46(30-28-44)67(48-31-35-52-51-19-7-11-23-59(51)69-60(52)40-48)47-32-38-66-58(39-47)68(45-17-5-2-6-18-45)57-22-10-14-26-65(57)72(66,49-33-36-55-53-20-8-12-24-61(53)70-63(55)41-49)50-34-37-56-54-21-9-13-25-62(54)71-64(56)42-50/h1-42H.